The van der Waals surface area contributed by atoms with E-state index in [9.17, 15) is 14.6 Å². The fourth-order valence-electron chi connectivity index (χ4n) is 5.74. The molecule has 4 heterocycles. The second-order valence-corrected chi connectivity index (χ2v) is 10.0. The molecule has 0 spiro atoms. The summed E-state index contributed by atoms with van der Waals surface area (Å²) in [6, 6.07) is 6.40. The van der Waals surface area contributed by atoms with Crippen LogP contribution in [-0.4, -0.2) is 53.6 Å². The Morgan fingerprint density at radius 3 is 2.78 bits per heavy atom. The highest BCUT2D eigenvalue weighted by atomic mass is 19.1. The van der Waals surface area contributed by atoms with Gasteiger partial charge in [0.1, 0.15) is 47.5 Å². The SMILES string of the molecule is Nc1nc2cc(O[C@@H]3CC[C@@]4(O)[C@@H]3O[C@@H](n3cc(C5CC5)c5c(N)ncnc53)[C@@H]4O)ccc2cc1F. The van der Waals surface area contributed by atoms with Crippen molar-refractivity contribution >= 4 is 33.6 Å². The first-order chi connectivity index (χ1) is 17.3. The highest BCUT2D eigenvalue weighted by Crippen LogP contribution is 2.50. The maximum Gasteiger partial charge on any atom is 0.165 e. The van der Waals surface area contributed by atoms with Crippen molar-refractivity contribution in [2.24, 2.45) is 0 Å². The molecule has 3 aromatic heterocycles. The summed E-state index contributed by atoms with van der Waals surface area (Å²) in [4.78, 5) is 12.7. The third-order valence-corrected chi connectivity index (χ3v) is 7.74. The molecule has 1 aliphatic heterocycles. The van der Waals surface area contributed by atoms with Crippen LogP contribution in [0.3, 0.4) is 0 Å². The molecule has 2 aliphatic carbocycles. The van der Waals surface area contributed by atoms with Gasteiger partial charge in [-0.2, -0.15) is 0 Å². The summed E-state index contributed by atoms with van der Waals surface area (Å²) in [5, 5.41) is 24.1. The summed E-state index contributed by atoms with van der Waals surface area (Å²) >= 11 is 0. The van der Waals surface area contributed by atoms with Crippen LogP contribution in [0, 0.1) is 5.82 Å². The maximum absolute atomic E-state index is 13.7. The third kappa shape index (κ3) is 3.09. The van der Waals surface area contributed by atoms with Crippen LogP contribution >= 0.6 is 0 Å². The number of hydrogen-bond acceptors (Lipinski definition) is 9. The predicted octanol–water partition coefficient (Wildman–Crippen LogP) is 2.39. The van der Waals surface area contributed by atoms with E-state index in [0.29, 0.717) is 46.9 Å². The zero-order chi connectivity index (χ0) is 24.8. The Kier molecular flexibility index (Phi) is 4.51. The Morgan fingerprint density at radius 2 is 1.97 bits per heavy atom. The van der Waals surface area contributed by atoms with Gasteiger partial charge in [-0.25, -0.2) is 19.3 Å². The molecule has 6 N–H and O–H groups in total. The largest absolute Gasteiger partial charge is 0.488 e. The predicted molar refractivity (Wildman–Crippen MR) is 129 cm³/mol. The fraction of sp³-hybridized carbons (Fsp3) is 0.400. The number of aliphatic hydroxyl groups excluding tert-OH is 1. The summed E-state index contributed by atoms with van der Waals surface area (Å²) in [5.74, 6) is 0.487. The fourth-order valence-corrected chi connectivity index (χ4v) is 5.74. The van der Waals surface area contributed by atoms with Crippen molar-refractivity contribution in [3.63, 3.8) is 0 Å². The number of pyridine rings is 1. The lowest BCUT2D eigenvalue weighted by Gasteiger charge is -2.26. The summed E-state index contributed by atoms with van der Waals surface area (Å²) in [7, 11) is 0. The Morgan fingerprint density at radius 1 is 1.14 bits per heavy atom. The van der Waals surface area contributed by atoms with Crippen LogP contribution in [-0.2, 0) is 4.74 Å². The smallest absolute Gasteiger partial charge is 0.165 e. The molecular weight excluding hydrogens is 467 g/mol. The van der Waals surface area contributed by atoms with Gasteiger partial charge in [-0.15, -0.1) is 0 Å². The van der Waals surface area contributed by atoms with Gasteiger partial charge in [0.15, 0.2) is 17.9 Å². The summed E-state index contributed by atoms with van der Waals surface area (Å²) < 4.78 is 28.0. The molecule has 1 saturated heterocycles. The van der Waals surface area contributed by atoms with Crippen molar-refractivity contribution < 1.29 is 24.1 Å². The van der Waals surface area contributed by atoms with Crippen LogP contribution in [0.15, 0.2) is 36.8 Å². The van der Waals surface area contributed by atoms with Crippen molar-refractivity contribution in [2.45, 2.75) is 61.7 Å². The van der Waals surface area contributed by atoms with Crippen LogP contribution in [0.4, 0.5) is 16.0 Å². The van der Waals surface area contributed by atoms with Gasteiger partial charge in [-0.3, -0.25) is 0 Å². The highest BCUT2D eigenvalue weighted by molar-refractivity contribution is 5.90. The number of ether oxygens (including phenoxy) is 2. The monoisotopic (exact) mass is 492 g/mol. The van der Waals surface area contributed by atoms with Crippen molar-refractivity contribution in [2.75, 3.05) is 11.5 Å². The molecular formula is C25H25FN6O4. The third-order valence-electron chi connectivity index (χ3n) is 7.74. The average Bonchev–Trinajstić information content (AvgIpc) is 3.49. The number of nitrogens with zero attached hydrogens (tertiary/aromatic N) is 4. The van der Waals surface area contributed by atoms with Gasteiger partial charge < -0.3 is 35.7 Å². The normalized spacial score (nSPS) is 29.8. The number of nitrogen functional groups attached to an aromatic ring is 2. The van der Waals surface area contributed by atoms with E-state index in [0.717, 1.165) is 23.8 Å². The van der Waals surface area contributed by atoms with Gasteiger partial charge in [0, 0.05) is 17.6 Å². The van der Waals surface area contributed by atoms with Gasteiger partial charge in [0.2, 0.25) is 0 Å². The van der Waals surface area contributed by atoms with Gasteiger partial charge >= 0.3 is 0 Å². The van der Waals surface area contributed by atoms with Crippen LogP contribution < -0.4 is 16.2 Å². The number of aromatic nitrogens is 4. The molecule has 3 aliphatic rings. The van der Waals surface area contributed by atoms with E-state index in [1.165, 1.54) is 12.4 Å². The Balaban J connectivity index is 1.20. The van der Waals surface area contributed by atoms with E-state index >= 15 is 0 Å². The van der Waals surface area contributed by atoms with Gasteiger partial charge in [0.25, 0.3) is 0 Å². The van der Waals surface area contributed by atoms with Crippen LogP contribution in [0.1, 0.15) is 43.4 Å². The minimum Gasteiger partial charge on any atom is -0.488 e. The zero-order valence-corrected chi connectivity index (χ0v) is 19.2. The second-order valence-electron chi connectivity index (χ2n) is 10.0. The lowest BCUT2D eigenvalue weighted by molar-refractivity contribution is -0.0791. The van der Waals surface area contributed by atoms with E-state index in [2.05, 4.69) is 15.0 Å². The first-order valence-corrected chi connectivity index (χ1v) is 12.0. The lowest BCUT2D eigenvalue weighted by atomic mass is 9.94. The molecule has 0 radical (unpaired) electrons. The molecule has 0 amide bonds. The van der Waals surface area contributed by atoms with E-state index < -0.39 is 36.0 Å². The molecule has 4 aromatic rings. The molecule has 5 atom stereocenters. The average molecular weight is 493 g/mol. The van der Waals surface area contributed by atoms with Crippen LogP contribution in [0.25, 0.3) is 21.9 Å². The molecule has 0 bridgehead atoms. The Labute approximate surface area is 204 Å². The molecule has 36 heavy (non-hydrogen) atoms. The van der Waals surface area contributed by atoms with Crippen molar-refractivity contribution in [1.29, 1.82) is 0 Å². The van der Waals surface area contributed by atoms with E-state index in [4.69, 9.17) is 20.9 Å². The minimum absolute atomic E-state index is 0.186. The van der Waals surface area contributed by atoms with Crippen molar-refractivity contribution in [3.8, 4) is 5.75 Å². The Bertz CT molecular complexity index is 1520. The molecule has 2 saturated carbocycles. The molecule has 11 heteroatoms. The number of aliphatic hydroxyl groups is 2. The molecule has 10 nitrogen and oxygen atoms in total. The van der Waals surface area contributed by atoms with E-state index in [-0.39, 0.29) is 5.82 Å². The number of hydrogen-bond donors (Lipinski definition) is 4. The van der Waals surface area contributed by atoms with Crippen molar-refractivity contribution in [3.05, 3.63) is 48.2 Å². The number of nitrogens with two attached hydrogens (primary N) is 2. The number of anilines is 2. The first kappa shape index (κ1) is 21.7. The number of halogens is 1. The topological polar surface area (TPSA) is 155 Å². The van der Waals surface area contributed by atoms with Crippen LogP contribution in [0.2, 0.25) is 0 Å². The Hall–Kier alpha value is -3.54. The van der Waals surface area contributed by atoms with E-state index in [1.807, 2.05) is 6.20 Å². The first-order valence-electron chi connectivity index (χ1n) is 12.0. The quantitative estimate of drug-likeness (QED) is 0.336. The number of fused-ring (bicyclic) bond motifs is 3. The van der Waals surface area contributed by atoms with Gasteiger partial charge in [0.05, 0.1) is 10.9 Å². The molecule has 7 rings (SSSR count). The molecule has 0 unspecified atom stereocenters. The maximum atomic E-state index is 13.7. The standard InChI is InChI=1S/C25H25FN6O4/c26-15-7-12-3-4-13(8-16(12)31-21(15)27)35-17-5-6-25(34)19(33)24(36-20(17)25)32-9-14(11-1-2-11)18-22(28)29-10-30-23(18)32/h3-4,7-11,17,19-20,24,33-34H,1-2,5-6H2,(H2,27,31)(H2,28,29,30)/t17-,19+,20-,24-,25+/m1/s1. The summed E-state index contributed by atoms with van der Waals surface area (Å²) in [5.41, 5.74) is 12.4. The summed E-state index contributed by atoms with van der Waals surface area (Å²) in [6.07, 6.45) is 2.85. The van der Waals surface area contributed by atoms with Gasteiger partial charge in [-0.1, -0.05) is 0 Å². The molecule has 1 aromatic carbocycles. The van der Waals surface area contributed by atoms with Crippen LogP contribution in [0.5, 0.6) is 5.75 Å². The summed E-state index contributed by atoms with van der Waals surface area (Å²) in [6.45, 7) is 0. The second kappa shape index (κ2) is 7.48. The molecule has 3 fully saturated rings. The number of benzene rings is 1. The van der Waals surface area contributed by atoms with Crippen molar-refractivity contribution in [1.82, 2.24) is 19.5 Å². The molecule has 186 valence electrons. The number of rotatable bonds is 4. The zero-order valence-electron chi connectivity index (χ0n) is 19.2. The van der Waals surface area contributed by atoms with Gasteiger partial charge in [-0.05, 0) is 55.4 Å². The minimum atomic E-state index is -1.49. The van der Waals surface area contributed by atoms with E-state index in [1.54, 1.807) is 22.8 Å². The lowest BCUT2D eigenvalue weighted by Crippen LogP contribution is -2.47. The highest BCUT2D eigenvalue weighted by Gasteiger charge is 2.63.